The van der Waals surface area contributed by atoms with Crippen LogP contribution >= 0.6 is 15.9 Å². The first-order valence-corrected chi connectivity index (χ1v) is 8.63. The van der Waals surface area contributed by atoms with Gasteiger partial charge >= 0.3 is 6.61 Å². The number of halogens is 3. The minimum Gasteiger partial charge on any atom is -0.493 e. The van der Waals surface area contributed by atoms with Gasteiger partial charge in [0.15, 0.2) is 23.0 Å². The Kier molecular flexibility index (Phi) is 7.23. The molecule has 6 nitrogen and oxygen atoms in total. The predicted octanol–water partition coefficient (Wildman–Crippen LogP) is 4.72. The molecule has 0 aliphatic heterocycles. The van der Waals surface area contributed by atoms with Gasteiger partial charge in [-0.2, -0.15) is 8.78 Å². The Morgan fingerprint density at radius 3 is 2.41 bits per heavy atom. The first-order chi connectivity index (χ1) is 12.9. The van der Waals surface area contributed by atoms with Crippen molar-refractivity contribution >= 4 is 27.5 Å². The molecule has 0 aliphatic carbocycles. The number of anilines is 1. The van der Waals surface area contributed by atoms with Gasteiger partial charge in [0, 0.05) is 17.3 Å². The highest BCUT2D eigenvalue weighted by molar-refractivity contribution is 9.10. The van der Waals surface area contributed by atoms with E-state index < -0.39 is 12.5 Å². The van der Waals surface area contributed by atoms with Crippen LogP contribution in [0, 0.1) is 0 Å². The van der Waals surface area contributed by atoms with Gasteiger partial charge in [-0.25, -0.2) is 0 Å². The number of methoxy groups -OCH3 is 2. The molecule has 0 fully saturated rings. The summed E-state index contributed by atoms with van der Waals surface area (Å²) in [5.41, 5.74) is 0.551. The van der Waals surface area contributed by atoms with E-state index in [0.717, 1.165) is 0 Å². The molecule has 0 radical (unpaired) electrons. The van der Waals surface area contributed by atoms with Crippen molar-refractivity contribution in [3.8, 4) is 23.0 Å². The molecular formula is C18H18BrF2NO5. The maximum absolute atomic E-state index is 12.5. The van der Waals surface area contributed by atoms with Crippen LogP contribution in [0.1, 0.15) is 17.3 Å². The van der Waals surface area contributed by atoms with Crippen molar-refractivity contribution < 1.29 is 32.5 Å². The number of ether oxygens (including phenoxy) is 4. The summed E-state index contributed by atoms with van der Waals surface area (Å²) >= 11 is 3.35. The van der Waals surface area contributed by atoms with Gasteiger partial charge in [0.25, 0.3) is 5.91 Å². The molecule has 0 heterocycles. The number of benzene rings is 2. The van der Waals surface area contributed by atoms with Gasteiger partial charge in [-0.1, -0.05) is 0 Å². The van der Waals surface area contributed by atoms with E-state index in [1.165, 1.54) is 38.5 Å². The third-order valence-corrected chi connectivity index (χ3v) is 4.01. The maximum atomic E-state index is 12.5. The molecular weight excluding hydrogens is 428 g/mol. The monoisotopic (exact) mass is 445 g/mol. The Hall–Kier alpha value is -2.55. The van der Waals surface area contributed by atoms with Crippen molar-refractivity contribution in [3.05, 3.63) is 40.4 Å². The van der Waals surface area contributed by atoms with Crippen LogP contribution in [0.3, 0.4) is 0 Å². The van der Waals surface area contributed by atoms with Gasteiger partial charge < -0.3 is 24.3 Å². The van der Waals surface area contributed by atoms with E-state index in [9.17, 15) is 13.6 Å². The van der Waals surface area contributed by atoms with E-state index in [4.69, 9.17) is 14.2 Å². The molecule has 2 aromatic carbocycles. The van der Waals surface area contributed by atoms with E-state index in [1.54, 1.807) is 6.07 Å². The standard InChI is InChI=1S/C18H18BrF2NO5/c1-4-26-16-12(19)7-10(8-15(16)25-3)17(23)22-11-5-6-13(24-2)14(9-11)27-18(20)21/h5-9,18H,4H2,1-3H3,(H,22,23). The van der Waals surface area contributed by atoms with Crippen molar-refractivity contribution in [3.63, 3.8) is 0 Å². The number of amides is 1. The molecule has 0 bridgehead atoms. The second kappa shape index (κ2) is 9.40. The van der Waals surface area contributed by atoms with E-state index in [1.807, 2.05) is 6.92 Å². The zero-order valence-electron chi connectivity index (χ0n) is 14.8. The summed E-state index contributed by atoms with van der Waals surface area (Å²) < 4.78 is 45.7. The first-order valence-electron chi connectivity index (χ1n) is 7.84. The Morgan fingerprint density at radius 2 is 1.81 bits per heavy atom. The summed E-state index contributed by atoms with van der Waals surface area (Å²) in [6.45, 7) is -0.759. The normalized spacial score (nSPS) is 10.5. The molecule has 27 heavy (non-hydrogen) atoms. The Bertz CT molecular complexity index is 817. The number of carbonyl (C=O) groups excluding carboxylic acids is 1. The largest absolute Gasteiger partial charge is 0.493 e. The van der Waals surface area contributed by atoms with Gasteiger partial charge in [0.05, 0.1) is 25.3 Å². The predicted molar refractivity (Wildman–Crippen MR) is 99.4 cm³/mol. The van der Waals surface area contributed by atoms with E-state index in [-0.39, 0.29) is 22.7 Å². The van der Waals surface area contributed by atoms with Crippen LogP contribution in [0.5, 0.6) is 23.0 Å². The van der Waals surface area contributed by atoms with Crippen LogP contribution in [-0.4, -0.2) is 33.3 Å². The van der Waals surface area contributed by atoms with Crippen LogP contribution in [0.25, 0.3) is 0 Å². The summed E-state index contributed by atoms with van der Waals surface area (Å²) in [7, 11) is 2.79. The Labute approximate surface area is 163 Å². The SMILES string of the molecule is CCOc1c(Br)cc(C(=O)Nc2ccc(OC)c(OC(F)F)c2)cc1OC. The highest BCUT2D eigenvalue weighted by Crippen LogP contribution is 2.37. The van der Waals surface area contributed by atoms with Gasteiger partial charge in [0.1, 0.15) is 0 Å². The fourth-order valence-corrected chi connectivity index (χ4v) is 2.84. The second-order valence-electron chi connectivity index (χ2n) is 5.12. The van der Waals surface area contributed by atoms with E-state index in [0.29, 0.717) is 22.6 Å². The quantitative estimate of drug-likeness (QED) is 0.636. The minimum absolute atomic E-state index is 0.124. The number of rotatable bonds is 8. The van der Waals surface area contributed by atoms with Gasteiger partial charge in [-0.05, 0) is 47.1 Å². The molecule has 1 amide bonds. The molecule has 2 rings (SSSR count). The van der Waals surface area contributed by atoms with Crippen LogP contribution in [-0.2, 0) is 0 Å². The fraction of sp³-hybridized carbons (Fsp3) is 0.278. The molecule has 1 N–H and O–H groups in total. The lowest BCUT2D eigenvalue weighted by Gasteiger charge is -2.14. The number of nitrogens with one attached hydrogen (secondary N) is 1. The maximum Gasteiger partial charge on any atom is 0.387 e. The second-order valence-corrected chi connectivity index (χ2v) is 5.98. The zero-order valence-corrected chi connectivity index (χ0v) is 16.4. The van der Waals surface area contributed by atoms with Crippen LogP contribution < -0.4 is 24.3 Å². The molecule has 9 heteroatoms. The van der Waals surface area contributed by atoms with Crippen molar-refractivity contribution in [1.82, 2.24) is 0 Å². The lowest BCUT2D eigenvalue weighted by Crippen LogP contribution is -2.13. The summed E-state index contributed by atoms with van der Waals surface area (Å²) in [6, 6.07) is 7.27. The van der Waals surface area contributed by atoms with Crippen LogP contribution in [0.4, 0.5) is 14.5 Å². The summed E-state index contributed by atoms with van der Waals surface area (Å²) in [5.74, 6) is 0.334. The number of carbonyl (C=O) groups is 1. The van der Waals surface area contributed by atoms with Crippen molar-refractivity contribution in [2.24, 2.45) is 0 Å². The number of hydrogen-bond donors (Lipinski definition) is 1. The molecule has 0 spiro atoms. The van der Waals surface area contributed by atoms with E-state index in [2.05, 4.69) is 26.0 Å². The molecule has 0 unspecified atom stereocenters. The third-order valence-electron chi connectivity index (χ3n) is 3.42. The highest BCUT2D eigenvalue weighted by atomic mass is 79.9. The smallest absolute Gasteiger partial charge is 0.387 e. The molecule has 0 aliphatic rings. The lowest BCUT2D eigenvalue weighted by molar-refractivity contribution is -0.0511. The molecule has 0 saturated heterocycles. The first kappa shape index (κ1) is 20.8. The van der Waals surface area contributed by atoms with Crippen LogP contribution in [0.2, 0.25) is 0 Å². The summed E-state index contributed by atoms with van der Waals surface area (Å²) in [6.07, 6.45) is 0. The molecule has 0 saturated carbocycles. The lowest BCUT2D eigenvalue weighted by atomic mass is 10.1. The Morgan fingerprint density at radius 1 is 1.11 bits per heavy atom. The van der Waals surface area contributed by atoms with Gasteiger partial charge in [0.2, 0.25) is 0 Å². The Balaban J connectivity index is 2.28. The van der Waals surface area contributed by atoms with Crippen molar-refractivity contribution in [2.45, 2.75) is 13.5 Å². The number of alkyl halides is 2. The van der Waals surface area contributed by atoms with E-state index >= 15 is 0 Å². The molecule has 146 valence electrons. The molecule has 2 aromatic rings. The highest BCUT2D eigenvalue weighted by Gasteiger charge is 2.17. The van der Waals surface area contributed by atoms with Gasteiger partial charge in [-0.15, -0.1) is 0 Å². The third kappa shape index (κ3) is 5.22. The van der Waals surface area contributed by atoms with Crippen LogP contribution in [0.15, 0.2) is 34.8 Å². The average Bonchev–Trinajstić information content (AvgIpc) is 2.63. The molecule has 0 atom stereocenters. The minimum atomic E-state index is -3.02. The zero-order chi connectivity index (χ0) is 20.0. The van der Waals surface area contributed by atoms with Crippen molar-refractivity contribution in [1.29, 1.82) is 0 Å². The fourth-order valence-electron chi connectivity index (χ4n) is 2.28. The molecule has 0 aromatic heterocycles. The summed E-state index contributed by atoms with van der Waals surface area (Å²) in [5, 5.41) is 2.62. The van der Waals surface area contributed by atoms with Gasteiger partial charge in [-0.3, -0.25) is 4.79 Å². The number of hydrogen-bond acceptors (Lipinski definition) is 5. The summed E-state index contributed by atoms with van der Waals surface area (Å²) in [4.78, 5) is 12.5. The average molecular weight is 446 g/mol. The van der Waals surface area contributed by atoms with Crippen molar-refractivity contribution in [2.75, 3.05) is 26.1 Å². The topological polar surface area (TPSA) is 66.0 Å².